The van der Waals surface area contributed by atoms with Gasteiger partial charge in [0.15, 0.2) is 5.82 Å². The lowest BCUT2D eigenvalue weighted by Gasteiger charge is -2.64. The highest BCUT2D eigenvalue weighted by Gasteiger charge is 2.65. The maximum absolute atomic E-state index is 13.6. The highest BCUT2D eigenvalue weighted by Crippen LogP contribution is 2.68. The Bertz CT molecular complexity index is 704. The fourth-order valence-electron chi connectivity index (χ4n) is 6.54. The Morgan fingerprint density at radius 2 is 2.04 bits per heavy atom. The normalized spacial score (nSPS) is 37.9. The monoisotopic (exact) mass is 361 g/mol. The lowest BCUT2D eigenvalue weighted by Crippen LogP contribution is -2.64. The van der Waals surface area contributed by atoms with Crippen LogP contribution in [0, 0.1) is 16.7 Å². The maximum atomic E-state index is 13.6. The molecule has 1 aromatic heterocycles. The second kappa shape index (κ2) is 6.04. The molecule has 1 heterocycles. The van der Waals surface area contributed by atoms with Crippen molar-refractivity contribution in [3.63, 3.8) is 0 Å². The summed E-state index contributed by atoms with van der Waals surface area (Å²) < 4.78 is 5.31. The first-order chi connectivity index (χ1) is 12.3. The number of amides is 1. The minimum Gasteiger partial charge on any atom is -0.390 e. The fourth-order valence-corrected chi connectivity index (χ4v) is 6.54. The van der Waals surface area contributed by atoms with Crippen molar-refractivity contribution in [1.82, 2.24) is 15.0 Å². The third-order valence-corrected chi connectivity index (χ3v) is 7.18. The van der Waals surface area contributed by atoms with Crippen molar-refractivity contribution >= 4 is 5.91 Å². The van der Waals surface area contributed by atoms with E-state index in [2.05, 4.69) is 17.1 Å². The number of hydrogen-bond acceptors (Lipinski definition) is 5. The Kier molecular flexibility index (Phi) is 4.17. The number of hydrogen-bond donors (Lipinski definition) is 1. The van der Waals surface area contributed by atoms with Gasteiger partial charge in [-0.2, -0.15) is 4.98 Å². The van der Waals surface area contributed by atoms with E-state index in [4.69, 9.17) is 4.52 Å². The van der Waals surface area contributed by atoms with Gasteiger partial charge in [-0.1, -0.05) is 25.4 Å². The zero-order valence-corrected chi connectivity index (χ0v) is 16.3. The van der Waals surface area contributed by atoms with Gasteiger partial charge in [0.05, 0.1) is 17.6 Å². The van der Waals surface area contributed by atoms with Gasteiger partial charge in [0.2, 0.25) is 11.8 Å². The molecule has 5 rings (SSSR count). The van der Waals surface area contributed by atoms with Gasteiger partial charge < -0.3 is 14.5 Å². The van der Waals surface area contributed by atoms with Crippen LogP contribution in [0.5, 0.6) is 0 Å². The summed E-state index contributed by atoms with van der Waals surface area (Å²) in [5.74, 6) is 1.84. The van der Waals surface area contributed by atoms with Crippen molar-refractivity contribution in [2.75, 3.05) is 6.54 Å². The lowest BCUT2D eigenvalue weighted by molar-refractivity contribution is -0.210. The van der Waals surface area contributed by atoms with Crippen molar-refractivity contribution in [3.8, 4) is 0 Å². The van der Waals surface area contributed by atoms with Crippen molar-refractivity contribution in [3.05, 3.63) is 11.7 Å². The molecule has 144 valence electrons. The number of aryl methyl sites for hydroxylation is 1. The van der Waals surface area contributed by atoms with E-state index >= 15 is 0 Å². The summed E-state index contributed by atoms with van der Waals surface area (Å²) in [6.45, 7) is 7.19. The molecule has 4 fully saturated rings. The van der Waals surface area contributed by atoms with Gasteiger partial charge in [0.1, 0.15) is 0 Å². The van der Waals surface area contributed by atoms with Gasteiger partial charge in [-0.15, -0.1) is 0 Å². The molecule has 4 aliphatic carbocycles. The molecule has 4 bridgehead atoms. The van der Waals surface area contributed by atoms with Crippen LogP contribution >= 0.6 is 0 Å². The molecule has 0 spiro atoms. The van der Waals surface area contributed by atoms with E-state index in [-0.39, 0.29) is 11.3 Å². The maximum Gasteiger partial charge on any atom is 0.246 e. The van der Waals surface area contributed by atoms with E-state index in [9.17, 15) is 9.90 Å². The molecule has 26 heavy (non-hydrogen) atoms. The Labute approximate surface area is 155 Å². The van der Waals surface area contributed by atoms with Crippen LogP contribution in [0.2, 0.25) is 0 Å². The molecule has 4 atom stereocenters. The van der Waals surface area contributed by atoms with Gasteiger partial charge >= 0.3 is 0 Å². The lowest BCUT2D eigenvalue weighted by atomic mass is 9.42. The molecule has 1 N–H and O–H groups in total. The third kappa shape index (κ3) is 2.77. The number of aromatic nitrogens is 2. The number of aliphatic hydroxyl groups is 1. The van der Waals surface area contributed by atoms with Crippen LogP contribution in [-0.2, 0) is 17.8 Å². The SMILES string of the molecule is CCc1noc(CN(CC)C(=O)[C@@]23C[C@@H]4C[C@@](O)(C[C@@](CC)(C4)C2)C3)n1. The largest absolute Gasteiger partial charge is 0.390 e. The van der Waals surface area contributed by atoms with Crippen molar-refractivity contribution < 1.29 is 14.4 Å². The zero-order chi connectivity index (χ0) is 18.6. The van der Waals surface area contributed by atoms with Gasteiger partial charge in [-0.05, 0) is 56.8 Å². The molecule has 0 radical (unpaired) electrons. The standard InChI is InChI=1S/C20H31N3O3/c1-4-15-21-16(26-22-15)10-23(6-3)17(24)19-8-14-7-18(5-2,11-19)12-20(25,9-14)13-19/h14,25H,4-13H2,1-3H3/t14-,18+,19+,20-/m1/s1. The summed E-state index contributed by atoms with van der Waals surface area (Å²) in [4.78, 5) is 19.9. The minimum atomic E-state index is -0.648. The predicted molar refractivity (Wildman–Crippen MR) is 96.1 cm³/mol. The van der Waals surface area contributed by atoms with Crippen LogP contribution in [-0.4, -0.2) is 38.2 Å². The van der Waals surface area contributed by atoms with Crippen LogP contribution in [0.25, 0.3) is 0 Å². The number of nitrogens with zero attached hydrogens (tertiary/aromatic N) is 3. The van der Waals surface area contributed by atoms with Gasteiger partial charge in [-0.3, -0.25) is 4.79 Å². The van der Waals surface area contributed by atoms with Crippen LogP contribution in [0.1, 0.15) is 77.4 Å². The third-order valence-electron chi connectivity index (χ3n) is 7.18. The molecule has 0 aromatic carbocycles. The van der Waals surface area contributed by atoms with E-state index in [1.807, 2.05) is 18.7 Å². The number of carbonyl (C=O) groups excluding carboxylic acids is 1. The van der Waals surface area contributed by atoms with E-state index < -0.39 is 11.0 Å². The molecule has 0 unspecified atom stereocenters. The highest BCUT2D eigenvalue weighted by molar-refractivity contribution is 5.83. The van der Waals surface area contributed by atoms with Crippen molar-refractivity contribution in [2.24, 2.45) is 16.7 Å². The molecular formula is C20H31N3O3. The molecular weight excluding hydrogens is 330 g/mol. The summed E-state index contributed by atoms with van der Waals surface area (Å²) in [6, 6.07) is 0. The van der Waals surface area contributed by atoms with Gasteiger partial charge in [0.25, 0.3) is 0 Å². The van der Waals surface area contributed by atoms with Crippen LogP contribution in [0.15, 0.2) is 4.52 Å². The second-order valence-corrected chi connectivity index (χ2v) is 9.14. The van der Waals surface area contributed by atoms with E-state index in [0.29, 0.717) is 37.1 Å². The smallest absolute Gasteiger partial charge is 0.246 e. The molecule has 4 aliphatic rings. The topological polar surface area (TPSA) is 79.5 Å². The van der Waals surface area contributed by atoms with E-state index in [1.165, 1.54) is 6.42 Å². The second-order valence-electron chi connectivity index (χ2n) is 9.14. The minimum absolute atomic E-state index is 0.142. The van der Waals surface area contributed by atoms with E-state index in [0.717, 1.165) is 38.5 Å². The summed E-state index contributed by atoms with van der Waals surface area (Å²) in [5.41, 5.74) is -0.915. The quantitative estimate of drug-likeness (QED) is 0.842. The highest BCUT2D eigenvalue weighted by atomic mass is 16.5. The summed E-state index contributed by atoms with van der Waals surface area (Å²) in [7, 11) is 0. The molecule has 6 nitrogen and oxygen atoms in total. The number of rotatable bonds is 6. The fraction of sp³-hybridized carbons (Fsp3) is 0.850. The Morgan fingerprint density at radius 3 is 2.65 bits per heavy atom. The molecule has 6 heteroatoms. The van der Waals surface area contributed by atoms with Gasteiger partial charge in [-0.25, -0.2) is 0 Å². The van der Waals surface area contributed by atoms with Crippen molar-refractivity contribution in [2.45, 2.75) is 84.3 Å². The molecule has 0 aliphatic heterocycles. The first-order valence-corrected chi connectivity index (χ1v) is 10.2. The first-order valence-electron chi connectivity index (χ1n) is 10.2. The Balaban J connectivity index is 1.59. The average Bonchev–Trinajstić information content (AvgIpc) is 3.04. The predicted octanol–water partition coefficient (Wildman–Crippen LogP) is 3.09. The Morgan fingerprint density at radius 1 is 1.23 bits per heavy atom. The summed E-state index contributed by atoms with van der Waals surface area (Å²) >= 11 is 0. The molecule has 1 aromatic rings. The van der Waals surface area contributed by atoms with Gasteiger partial charge in [0, 0.05) is 13.0 Å². The van der Waals surface area contributed by atoms with Crippen LogP contribution in [0.3, 0.4) is 0 Å². The summed E-state index contributed by atoms with van der Waals surface area (Å²) in [6.07, 6.45) is 7.17. The zero-order valence-electron chi connectivity index (χ0n) is 16.3. The average molecular weight is 361 g/mol. The Hall–Kier alpha value is -1.43. The van der Waals surface area contributed by atoms with E-state index in [1.54, 1.807) is 0 Å². The molecule has 1 amide bonds. The van der Waals surface area contributed by atoms with Crippen LogP contribution < -0.4 is 0 Å². The molecule has 0 saturated heterocycles. The van der Waals surface area contributed by atoms with Crippen molar-refractivity contribution in [1.29, 1.82) is 0 Å². The first kappa shape index (κ1) is 18.0. The van der Waals surface area contributed by atoms with Crippen LogP contribution in [0.4, 0.5) is 0 Å². The summed E-state index contributed by atoms with van der Waals surface area (Å²) in [5, 5.41) is 15.1. The molecule has 4 saturated carbocycles. The number of carbonyl (C=O) groups is 1.